The van der Waals surface area contributed by atoms with Crippen LogP contribution in [0.1, 0.15) is 233 Å². The van der Waals surface area contributed by atoms with Crippen molar-refractivity contribution in [1.82, 2.24) is 9.80 Å². The lowest BCUT2D eigenvalue weighted by Crippen LogP contribution is -2.38. The fraction of sp³-hybridized carbons (Fsp3) is 0.920. The van der Waals surface area contributed by atoms with Crippen LogP contribution in [0.4, 0.5) is 0 Å². The Balaban J connectivity index is 1.65. The number of rotatable bonds is 40. The summed E-state index contributed by atoms with van der Waals surface area (Å²) in [7, 11) is 0. The van der Waals surface area contributed by atoms with Crippen LogP contribution in [-0.4, -0.2) is 97.9 Å². The first-order valence-corrected chi connectivity index (χ1v) is 25.5. The SMILES string of the molecule is CCCCCCCCCCCOC(=O)CCCCCN1CC(OC(=O)CN2CCCC2)C[C@H]1C(=O)OCCCCCCCC(=O)OC(CCCCC)CCCCCCCC. The van der Waals surface area contributed by atoms with Crippen molar-refractivity contribution in [3.63, 3.8) is 0 Å². The number of likely N-dealkylation sites (tertiary alicyclic amines) is 2. The van der Waals surface area contributed by atoms with Crippen LogP contribution in [0.5, 0.6) is 0 Å². The molecule has 2 rings (SSSR count). The van der Waals surface area contributed by atoms with Gasteiger partial charge in [0.1, 0.15) is 18.2 Å². The molecule has 2 saturated heterocycles. The highest BCUT2D eigenvalue weighted by Gasteiger charge is 2.39. The van der Waals surface area contributed by atoms with Crippen molar-refractivity contribution >= 4 is 23.9 Å². The van der Waals surface area contributed by atoms with Crippen LogP contribution in [0, 0.1) is 0 Å². The summed E-state index contributed by atoms with van der Waals surface area (Å²) in [6, 6.07) is -0.436. The number of ether oxygens (including phenoxy) is 4. The molecule has 60 heavy (non-hydrogen) atoms. The molecule has 0 amide bonds. The van der Waals surface area contributed by atoms with E-state index in [0.29, 0.717) is 52.1 Å². The van der Waals surface area contributed by atoms with Gasteiger partial charge < -0.3 is 18.9 Å². The average molecular weight is 849 g/mol. The first-order chi connectivity index (χ1) is 29.4. The van der Waals surface area contributed by atoms with Crippen molar-refractivity contribution in [3.05, 3.63) is 0 Å². The van der Waals surface area contributed by atoms with E-state index in [4.69, 9.17) is 18.9 Å². The average Bonchev–Trinajstić information content (AvgIpc) is 3.90. The van der Waals surface area contributed by atoms with Crippen molar-refractivity contribution in [1.29, 1.82) is 0 Å². The van der Waals surface area contributed by atoms with Gasteiger partial charge in [-0.3, -0.25) is 29.0 Å². The number of hydrogen-bond donors (Lipinski definition) is 0. The molecule has 0 aliphatic carbocycles. The summed E-state index contributed by atoms with van der Waals surface area (Å²) in [4.78, 5) is 55.3. The number of nitrogens with zero attached hydrogens (tertiary/aromatic N) is 2. The highest BCUT2D eigenvalue weighted by molar-refractivity contribution is 5.77. The maximum atomic E-state index is 13.4. The molecule has 2 unspecified atom stereocenters. The van der Waals surface area contributed by atoms with Gasteiger partial charge >= 0.3 is 23.9 Å². The first-order valence-electron chi connectivity index (χ1n) is 25.5. The molecule has 10 heteroatoms. The van der Waals surface area contributed by atoms with Crippen LogP contribution in [-0.2, 0) is 38.1 Å². The van der Waals surface area contributed by atoms with E-state index >= 15 is 0 Å². The molecule has 3 atom stereocenters. The molecule has 0 aromatic rings. The molecule has 350 valence electrons. The Kier molecular flexibility index (Phi) is 33.6. The molecule has 0 radical (unpaired) electrons. The summed E-state index contributed by atoms with van der Waals surface area (Å²) in [6.07, 6.45) is 34.4. The van der Waals surface area contributed by atoms with Crippen LogP contribution in [0.15, 0.2) is 0 Å². The Hall–Kier alpha value is -2.20. The van der Waals surface area contributed by atoms with Crippen LogP contribution >= 0.6 is 0 Å². The lowest BCUT2D eigenvalue weighted by Gasteiger charge is -2.22. The first kappa shape index (κ1) is 53.9. The van der Waals surface area contributed by atoms with E-state index in [1.54, 1.807) is 0 Å². The second-order valence-electron chi connectivity index (χ2n) is 18.1. The predicted octanol–water partition coefficient (Wildman–Crippen LogP) is 11.8. The van der Waals surface area contributed by atoms with Gasteiger partial charge in [-0.1, -0.05) is 143 Å². The fourth-order valence-electron chi connectivity index (χ4n) is 8.67. The van der Waals surface area contributed by atoms with Crippen LogP contribution in [0.2, 0.25) is 0 Å². The fourth-order valence-corrected chi connectivity index (χ4v) is 8.67. The molecule has 0 N–H and O–H groups in total. The molecule has 0 bridgehead atoms. The third-order valence-corrected chi connectivity index (χ3v) is 12.4. The summed E-state index contributed by atoms with van der Waals surface area (Å²) in [6.45, 7) is 10.9. The monoisotopic (exact) mass is 849 g/mol. The molecule has 2 heterocycles. The van der Waals surface area contributed by atoms with Gasteiger partial charge in [-0.25, -0.2) is 0 Å². The lowest BCUT2D eigenvalue weighted by atomic mass is 10.0. The van der Waals surface area contributed by atoms with Gasteiger partial charge in [-0.2, -0.15) is 0 Å². The van der Waals surface area contributed by atoms with E-state index in [2.05, 4.69) is 30.6 Å². The Labute approximate surface area is 367 Å². The number of carbonyl (C=O) groups excluding carboxylic acids is 4. The lowest BCUT2D eigenvalue weighted by molar-refractivity contribution is -0.151. The highest BCUT2D eigenvalue weighted by Crippen LogP contribution is 2.24. The van der Waals surface area contributed by atoms with Crippen molar-refractivity contribution in [2.45, 2.75) is 251 Å². The van der Waals surface area contributed by atoms with Gasteiger partial charge in [0.25, 0.3) is 0 Å². The van der Waals surface area contributed by atoms with E-state index in [9.17, 15) is 19.2 Å². The summed E-state index contributed by atoms with van der Waals surface area (Å²) < 4.78 is 23.1. The molecule has 0 spiro atoms. The molecular weight excluding hydrogens is 757 g/mol. The molecular formula is C50H92N2O8. The zero-order valence-corrected chi connectivity index (χ0v) is 39.2. The molecule has 2 aliphatic rings. The Morgan fingerprint density at radius 3 is 1.63 bits per heavy atom. The number of esters is 4. The second-order valence-corrected chi connectivity index (χ2v) is 18.1. The molecule has 0 saturated carbocycles. The van der Waals surface area contributed by atoms with Crippen LogP contribution in [0.25, 0.3) is 0 Å². The van der Waals surface area contributed by atoms with E-state index in [0.717, 1.165) is 116 Å². The predicted molar refractivity (Wildman–Crippen MR) is 243 cm³/mol. The van der Waals surface area contributed by atoms with E-state index in [-0.39, 0.29) is 36.1 Å². The van der Waals surface area contributed by atoms with Crippen LogP contribution < -0.4 is 0 Å². The quantitative estimate of drug-likeness (QED) is 0.0336. The molecule has 0 aromatic heterocycles. The van der Waals surface area contributed by atoms with Crippen molar-refractivity contribution < 1.29 is 38.1 Å². The second kappa shape index (κ2) is 37.4. The summed E-state index contributed by atoms with van der Waals surface area (Å²) in [5, 5.41) is 0. The Morgan fingerprint density at radius 1 is 0.533 bits per heavy atom. The zero-order valence-electron chi connectivity index (χ0n) is 39.2. The number of carbonyl (C=O) groups is 4. The summed E-state index contributed by atoms with van der Waals surface area (Å²) in [5.41, 5.74) is 0. The van der Waals surface area contributed by atoms with E-state index < -0.39 is 6.04 Å². The largest absolute Gasteiger partial charge is 0.466 e. The molecule has 2 fully saturated rings. The highest BCUT2D eigenvalue weighted by atomic mass is 16.6. The summed E-state index contributed by atoms with van der Waals surface area (Å²) in [5.74, 6) is -0.639. The van der Waals surface area contributed by atoms with Crippen molar-refractivity contribution in [2.75, 3.05) is 45.9 Å². The van der Waals surface area contributed by atoms with E-state index in [1.807, 2.05) is 0 Å². The maximum absolute atomic E-state index is 13.4. The number of hydrogen-bond acceptors (Lipinski definition) is 10. The zero-order chi connectivity index (χ0) is 43.3. The minimum absolute atomic E-state index is 0.0559. The van der Waals surface area contributed by atoms with E-state index in [1.165, 1.54) is 89.9 Å². The smallest absolute Gasteiger partial charge is 0.323 e. The Morgan fingerprint density at radius 2 is 1.02 bits per heavy atom. The normalized spacial score (nSPS) is 17.5. The Bertz CT molecular complexity index is 1080. The third-order valence-electron chi connectivity index (χ3n) is 12.4. The maximum Gasteiger partial charge on any atom is 0.323 e. The topological polar surface area (TPSA) is 112 Å². The van der Waals surface area contributed by atoms with Gasteiger partial charge in [-0.15, -0.1) is 0 Å². The standard InChI is InChI=1S/C50H92N2O8/c1-4-7-10-12-14-15-16-20-30-39-57-47(53)34-26-22-27-38-52-42-45(60-49(55)43-51-36-28-29-37-51)41-46(52)50(56)58-40-31-21-17-19-25-35-48(54)59-44(32-23-9-6-3)33-24-18-13-11-8-5-2/h44-46H,4-43H2,1-3H3/t44?,45?,46-/m0/s1. The van der Waals surface area contributed by atoms with Gasteiger partial charge in [-0.05, 0) is 90.3 Å². The van der Waals surface area contributed by atoms with Gasteiger partial charge in [0.05, 0.1) is 19.8 Å². The van der Waals surface area contributed by atoms with Gasteiger partial charge in [0.15, 0.2) is 0 Å². The van der Waals surface area contributed by atoms with Crippen molar-refractivity contribution in [3.8, 4) is 0 Å². The minimum atomic E-state index is -0.436. The molecule has 10 nitrogen and oxygen atoms in total. The van der Waals surface area contributed by atoms with Crippen molar-refractivity contribution in [2.24, 2.45) is 0 Å². The number of unbranched alkanes of at least 4 members (excludes halogenated alkanes) is 21. The van der Waals surface area contributed by atoms with Gasteiger partial charge in [0, 0.05) is 25.8 Å². The van der Waals surface area contributed by atoms with Gasteiger partial charge in [0.2, 0.25) is 0 Å². The minimum Gasteiger partial charge on any atom is -0.466 e. The summed E-state index contributed by atoms with van der Waals surface area (Å²) >= 11 is 0. The third kappa shape index (κ3) is 28.4. The molecule has 2 aliphatic heterocycles. The molecule has 0 aromatic carbocycles. The van der Waals surface area contributed by atoms with Crippen LogP contribution in [0.3, 0.4) is 0 Å².